The third kappa shape index (κ3) is 4.42. The minimum Gasteiger partial charge on any atom is -0.361 e. The van der Waals surface area contributed by atoms with E-state index >= 15 is 0 Å². The first-order valence-corrected chi connectivity index (χ1v) is 7.58. The van der Waals surface area contributed by atoms with Gasteiger partial charge in [0.15, 0.2) is 0 Å². The first-order valence-electron chi connectivity index (χ1n) is 7.58. The van der Waals surface area contributed by atoms with Crippen molar-refractivity contribution in [2.24, 2.45) is 4.99 Å². The molecule has 0 saturated heterocycles. The summed E-state index contributed by atoms with van der Waals surface area (Å²) in [6.07, 6.45) is 3.87. The van der Waals surface area contributed by atoms with Crippen LogP contribution in [0, 0.1) is 0 Å². The van der Waals surface area contributed by atoms with Crippen LogP contribution in [0.2, 0.25) is 0 Å². The smallest absolute Gasteiger partial charge is 0.0629 e. The molecule has 0 bridgehead atoms. The van der Waals surface area contributed by atoms with Crippen molar-refractivity contribution in [3.8, 4) is 0 Å². The monoisotopic (exact) mass is 298 g/mol. The number of anilines is 1. The zero-order valence-corrected chi connectivity index (χ0v) is 12.8. The van der Waals surface area contributed by atoms with Gasteiger partial charge in [-0.15, -0.1) is 0 Å². The molecule has 3 aromatic rings. The van der Waals surface area contributed by atoms with Crippen LogP contribution >= 0.6 is 0 Å². The van der Waals surface area contributed by atoms with Crippen LogP contribution < -0.4 is 5.32 Å². The molecule has 0 radical (unpaired) electrons. The fraction of sp³-hybridized carbons (Fsp3) is 0. The minimum atomic E-state index is 0.939. The normalized spacial score (nSPS) is 11.6. The van der Waals surface area contributed by atoms with E-state index in [1.807, 2.05) is 91.3 Å². The number of hydrogen-bond acceptors (Lipinski definition) is 2. The summed E-state index contributed by atoms with van der Waals surface area (Å²) in [6.45, 7) is 0. The highest BCUT2D eigenvalue weighted by molar-refractivity contribution is 6.10. The third-order valence-electron chi connectivity index (χ3n) is 3.38. The number of nitrogens with zero attached hydrogens (tertiary/aromatic N) is 1. The SMILES string of the molecule is C(/Nc1ccccc1)=C(/C=N/c1ccccc1)c1ccccc1. The molecule has 0 amide bonds. The fourth-order valence-electron chi connectivity index (χ4n) is 2.18. The van der Waals surface area contributed by atoms with Crippen LogP contribution in [0.4, 0.5) is 11.4 Å². The number of para-hydroxylation sites is 2. The summed E-state index contributed by atoms with van der Waals surface area (Å²) in [5.74, 6) is 0. The summed E-state index contributed by atoms with van der Waals surface area (Å²) in [5.41, 5.74) is 4.14. The average Bonchev–Trinajstić information content (AvgIpc) is 2.64. The molecule has 2 nitrogen and oxygen atoms in total. The number of hydrogen-bond donors (Lipinski definition) is 1. The van der Waals surface area contributed by atoms with Crippen LogP contribution in [0.25, 0.3) is 5.57 Å². The Kier molecular flexibility index (Phi) is 4.99. The van der Waals surface area contributed by atoms with Gasteiger partial charge in [0, 0.05) is 23.7 Å². The first kappa shape index (κ1) is 14.8. The van der Waals surface area contributed by atoms with Crippen molar-refractivity contribution in [1.82, 2.24) is 0 Å². The van der Waals surface area contributed by atoms with Crippen molar-refractivity contribution in [2.75, 3.05) is 5.32 Å². The molecule has 0 spiro atoms. The number of nitrogens with one attached hydrogen (secondary N) is 1. The lowest BCUT2D eigenvalue weighted by Crippen LogP contribution is -1.93. The topological polar surface area (TPSA) is 24.4 Å². The Balaban J connectivity index is 1.86. The maximum atomic E-state index is 4.56. The second-order valence-electron chi connectivity index (χ2n) is 5.07. The van der Waals surface area contributed by atoms with Gasteiger partial charge in [0.1, 0.15) is 0 Å². The Bertz CT molecular complexity index is 776. The third-order valence-corrected chi connectivity index (χ3v) is 3.38. The van der Waals surface area contributed by atoms with Gasteiger partial charge in [-0.05, 0) is 29.8 Å². The van der Waals surface area contributed by atoms with Crippen molar-refractivity contribution in [2.45, 2.75) is 0 Å². The fourth-order valence-corrected chi connectivity index (χ4v) is 2.18. The molecule has 0 atom stereocenters. The van der Waals surface area contributed by atoms with Gasteiger partial charge in [-0.25, -0.2) is 0 Å². The van der Waals surface area contributed by atoms with Crippen LogP contribution in [0.15, 0.2) is 102 Å². The van der Waals surface area contributed by atoms with Crippen LogP contribution in [-0.4, -0.2) is 6.21 Å². The molecule has 2 heteroatoms. The molecule has 0 fully saturated rings. The predicted molar refractivity (Wildman–Crippen MR) is 99.1 cm³/mol. The zero-order chi connectivity index (χ0) is 15.7. The quantitative estimate of drug-likeness (QED) is 0.614. The largest absolute Gasteiger partial charge is 0.361 e. The molecule has 23 heavy (non-hydrogen) atoms. The predicted octanol–water partition coefficient (Wildman–Crippen LogP) is 5.54. The highest BCUT2D eigenvalue weighted by Crippen LogP contribution is 2.16. The van der Waals surface area contributed by atoms with Crippen LogP contribution in [0.3, 0.4) is 0 Å². The van der Waals surface area contributed by atoms with E-state index in [0.717, 1.165) is 22.5 Å². The molecule has 0 aliphatic rings. The lowest BCUT2D eigenvalue weighted by Gasteiger charge is -2.05. The number of benzene rings is 3. The molecule has 0 saturated carbocycles. The summed E-state index contributed by atoms with van der Waals surface area (Å²) < 4.78 is 0. The van der Waals surface area contributed by atoms with E-state index < -0.39 is 0 Å². The van der Waals surface area contributed by atoms with Gasteiger partial charge in [0.05, 0.1) is 5.69 Å². The molecule has 1 N–H and O–H groups in total. The van der Waals surface area contributed by atoms with Gasteiger partial charge >= 0.3 is 0 Å². The standard InChI is InChI=1S/C21H18N2/c1-4-10-18(11-5-1)19(16-22-20-12-6-2-7-13-20)17-23-21-14-8-3-9-15-21/h1-17,22H/b19-16+,23-17+. The second kappa shape index (κ2) is 7.76. The van der Waals surface area contributed by atoms with Gasteiger partial charge < -0.3 is 5.32 Å². The first-order chi connectivity index (χ1) is 11.4. The van der Waals surface area contributed by atoms with Crippen molar-refractivity contribution >= 4 is 23.2 Å². The summed E-state index contributed by atoms with van der Waals surface area (Å²) in [4.78, 5) is 4.56. The maximum Gasteiger partial charge on any atom is 0.0629 e. The van der Waals surface area contributed by atoms with E-state index in [1.54, 1.807) is 0 Å². The van der Waals surface area contributed by atoms with E-state index in [0.29, 0.717) is 0 Å². The summed E-state index contributed by atoms with van der Waals surface area (Å²) in [5, 5.41) is 3.33. The van der Waals surface area contributed by atoms with E-state index in [4.69, 9.17) is 0 Å². The summed E-state index contributed by atoms with van der Waals surface area (Å²) >= 11 is 0. The molecule has 0 aliphatic heterocycles. The van der Waals surface area contributed by atoms with Crippen molar-refractivity contribution in [1.29, 1.82) is 0 Å². The number of allylic oxidation sites excluding steroid dienone is 1. The lowest BCUT2D eigenvalue weighted by molar-refractivity contribution is 1.53. The Hall–Kier alpha value is -3.13. The lowest BCUT2D eigenvalue weighted by atomic mass is 10.1. The molecule has 0 heterocycles. The van der Waals surface area contributed by atoms with Crippen LogP contribution in [0.5, 0.6) is 0 Å². The molecular formula is C21H18N2. The average molecular weight is 298 g/mol. The van der Waals surface area contributed by atoms with Gasteiger partial charge in [-0.2, -0.15) is 0 Å². The van der Waals surface area contributed by atoms with Crippen LogP contribution in [0.1, 0.15) is 5.56 Å². The van der Waals surface area contributed by atoms with E-state index in [-0.39, 0.29) is 0 Å². The molecular weight excluding hydrogens is 280 g/mol. The summed E-state index contributed by atoms with van der Waals surface area (Å²) in [7, 11) is 0. The Morgan fingerprint density at radius 2 is 1.26 bits per heavy atom. The number of aliphatic imine (C=N–C) groups is 1. The molecule has 0 aromatic heterocycles. The highest BCUT2D eigenvalue weighted by Gasteiger charge is 1.98. The molecule has 112 valence electrons. The maximum absolute atomic E-state index is 4.56. The molecule has 0 aliphatic carbocycles. The van der Waals surface area contributed by atoms with Crippen molar-refractivity contribution in [3.63, 3.8) is 0 Å². The highest BCUT2D eigenvalue weighted by atomic mass is 14.8. The minimum absolute atomic E-state index is 0.939. The van der Waals surface area contributed by atoms with Crippen LogP contribution in [-0.2, 0) is 0 Å². The van der Waals surface area contributed by atoms with Crippen molar-refractivity contribution in [3.05, 3.63) is 103 Å². The second-order valence-corrected chi connectivity index (χ2v) is 5.07. The van der Waals surface area contributed by atoms with E-state index in [1.165, 1.54) is 0 Å². The van der Waals surface area contributed by atoms with E-state index in [9.17, 15) is 0 Å². The van der Waals surface area contributed by atoms with Gasteiger partial charge in [-0.3, -0.25) is 4.99 Å². The van der Waals surface area contributed by atoms with Gasteiger partial charge in [0.25, 0.3) is 0 Å². The molecule has 0 unspecified atom stereocenters. The molecule has 3 aromatic carbocycles. The van der Waals surface area contributed by atoms with Gasteiger partial charge in [-0.1, -0.05) is 66.7 Å². The van der Waals surface area contributed by atoms with E-state index in [2.05, 4.69) is 22.4 Å². The summed E-state index contributed by atoms with van der Waals surface area (Å²) in [6, 6.07) is 30.3. The Morgan fingerprint density at radius 3 is 1.91 bits per heavy atom. The Morgan fingerprint density at radius 1 is 0.696 bits per heavy atom. The molecule has 3 rings (SSSR count). The number of rotatable bonds is 5. The Labute approximate surface area is 136 Å². The van der Waals surface area contributed by atoms with Crippen molar-refractivity contribution < 1.29 is 0 Å². The zero-order valence-electron chi connectivity index (χ0n) is 12.8. The van der Waals surface area contributed by atoms with Gasteiger partial charge in [0.2, 0.25) is 0 Å².